The molecule has 0 spiro atoms. The minimum atomic E-state index is 0.445. The summed E-state index contributed by atoms with van der Waals surface area (Å²) in [6.45, 7) is 3.78. The Kier molecular flexibility index (Phi) is 3.11. The zero-order valence-corrected chi connectivity index (χ0v) is 9.12. The Morgan fingerprint density at radius 1 is 1.47 bits per heavy atom. The molecule has 0 radical (unpaired) electrons. The van der Waals surface area contributed by atoms with Crippen LogP contribution in [0.25, 0.3) is 0 Å². The fraction of sp³-hybridized carbons (Fsp3) is 0.500. The van der Waals surface area contributed by atoms with Crippen LogP contribution in [0, 0.1) is 6.92 Å². The number of hydrogen-bond donors (Lipinski definition) is 2. The normalized spacial score (nSPS) is 21.3. The molecule has 1 aliphatic heterocycles. The van der Waals surface area contributed by atoms with Gasteiger partial charge in [-0.15, -0.1) is 0 Å². The average Bonchev–Trinajstić information content (AvgIpc) is 2.24. The van der Waals surface area contributed by atoms with Crippen LogP contribution < -0.4 is 11.1 Å². The molecule has 1 atom stereocenters. The number of rotatable bonds is 2. The van der Waals surface area contributed by atoms with Crippen LogP contribution in [0.3, 0.4) is 0 Å². The van der Waals surface area contributed by atoms with Crippen LogP contribution in [0.5, 0.6) is 0 Å². The van der Waals surface area contributed by atoms with E-state index in [1.54, 1.807) is 0 Å². The third kappa shape index (κ3) is 2.63. The molecule has 82 valence electrons. The molecular formula is C12H18N2O. The van der Waals surface area contributed by atoms with E-state index in [2.05, 4.69) is 12.2 Å². The highest BCUT2D eigenvalue weighted by Crippen LogP contribution is 2.20. The van der Waals surface area contributed by atoms with Crippen LogP contribution in [-0.2, 0) is 4.74 Å². The Hall–Kier alpha value is -1.22. The SMILES string of the molecule is Cc1cc(N)ccc1NC1CCCOC1. The number of nitrogens with one attached hydrogen (secondary N) is 1. The third-order valence-corrected chi connectivity index (χ3v) is 2.77. The molecule has 1 saturated heterocycles. The number of nitrogen functional groups attached to an aromatic ring is 1. The van der Waals surface area contributed by atoms with Gasteiger partial charge < -0.3 is 15.8 Å². The van der Waals surface area contributed by atoms with Gasteiger partial charge in [0.25, 0.3) is 0 Å². The highest BCUT2D eigenvalue weighted by Gasteiger charge is 2.13. The van der Waals surface area contributed by atoms with E-state index >= 15 is 0 Å². The number of aryl methyl sites for hydroxylation is 1. The Bertz CT molecular complexity index is 332. The number of benzene rings is 1. The van der Waals surface area contributed by atoms with E-state index in [9.17, 15) is 0 Å². The number of ether oxygens (including phenoxy) is 1. The summed E-state index contributed by atoms with van der Waals surface area (Å²) in [6, 6.07) is 6.41. The van der Waals surface area contributed by atoms with Crippen LogP contribution in [-0.4, -0.2) is 19.3 Å². The first-order valence-corrected chi connectivity index (χ1v) is 5.46. The van der Waals surface area contributed by atoms with Crippen LogP contribution in [0.4, 0.5) is 11.4 Å². The number of hydrogen-bond acceptors (Lipinski definition) is 3. The van der Waals surface area contributed by atoms with Crippen molar-refractivity contribution in [3.8, 4) is 0 Å². The van der Waals surface area contributed by atoms with E-state index < -0.39 is 0 Å². The molecule has 0 aromatic heterocycles. The fourth-order valence-electron chi connectivity index (χ4n) is 1.92. The van der Waals surface area contributed by atoms with Crippen molar-refractivity contribution in [1.82, 2.24) is 0 Å². The molecule has 1 aromatic carbocycles. The maximum absolute atomic E-state index is 5.71. The summed E-state index contributed by atoms with van der Waals surface area (Å²) in [4.78, 5) is 0. The summed E-state index contributed by atoms with van der Waals surface area (Å²) >= 11 is 0. The van der Waals surface area contributed by atoms with Gasteiger partial charge in [-0.05, 0) is 43.5 Å². The largest absolute Gasteiger partial charge is 0.399 e. The predicted octanol–water partition coefficient (Wildman–Crippen LogP) is 2.17. The maximum atomic E-state index is 5.71. The molecular weight excluding hydrogens is 188 g/mol. The van der Waals surface area contributed by atoms with E-state index in [4.69, 9.17) is 10.5 Å². The molecule has 3 nitrogen and oxygen atoms in total. The van der Waals surface area contributed by atoms with Gasteiger partial charge in [0.05, 0.1) is 6.61 Å². The Labute approximate surface area is 90.6 Å². The molecule has 0 amide bonds. The van der Waals surface area contributed by atoms with Crippen LogP contribution in [0.1, 0.15) is 18.4 Å². The molecule has 0 saturated carbocycles. The molecule has 2 rings (SSSR count). The van der Waals surface area contributed by atoms with Gasteiger partial charge in [-0.3, -0.25) is 0 Å². The minimum Gasteiger partial charge on any atom is -0.399 e. The summed E-state index contributed by atoms with van der Waals surface area (Å²) in [7, 11) is 0. The first-order valence-electron chi connectivity index (χ1n) is 5.46. The molecule has 1 aliphatic rings. The van der Waals surface area contributed by atoms with Gasteiger partial charge in [-0.1, -0.05) is 0 Å². The topological polar surface area (TPSA) is 47.3 Å². The lowest BCUT2D eigenvalue weighted by Crippen LogP contribution is -2.30. The monoisotopic (exact) mass is 206 g/mol. The van der Waals surface area contributed by atoms with Crippen molar-refractivity contribution in [2.24, 2.45) is 0 Å². The van der Waals surface area contributed by atoms with Gasteiger partial charge in [0.1, 0.15) is 0 Å². The number of nitrogens with two attached hydrogens (primary N) is 1. The highest BCUT2D eigenvalue weighted by atomic mass is 16.5. The van der Waals surface area contributed by atoms with Crippen molar-refractivity contribution in [3.63, 3.8) is 0 Å². The second-order valence-electron chi connectivity index (χ2n) is 4.13. The second-order valence-corrected chi connectivity index (χ2v) is 4.13. The van der Waals surface area contributed by atoms with E-state index in [1.807, 2.05) is 18.2 Å². The lowest BCUT2D eigenvalue weighted by atomic mass is 10.1. The van der Waals surface area contributed by atoms with Crippen LogP contribution >= 0.6 is 0 Å². The Balaban J connectivity index is 2.03. The van der Waals surface area contributed by atoms with Crippen molar-refractivity contribution in [2.75, 3.05) is 24.3 Å². The Morgan fingerprint density at radius 2 is 2.33 bits per heavy atom. The molecule has 3 heteroatoms. The predicted molar refractivity (Wildman–Crippen MR) is 63.1 cm³/mol. The minimum absolute atomic E-state index is 0.445. The van der Waals surface area contributed by atoms with Gasteiger partial charge in [-0.2, -0.15) is 0 Å². The van der Waals surface area contributed by atoms with Crippen molar-refractivity contribution in [1.29, 1.82) is 0 Å². The first kappa shape index (κ1) is 10.3. The van der Waals surface area contributed by atoms with E-state index in [0.29, 0.717) is 6.04 Å². The molecule has 1 heterocycles. The lowest BCUT2D eigenvalue weighted by Gasteiger charge is -2.25. The second kappa shape index (κ2) is 4.53. The smallest absolute Gasteiger partial charge is 0.0667 e. The molecule has 3 N–H and O–H groups in total. The molecule has 0 bridgehead atoms. The summed E-state index contributed by atoms with van der Waals surface area (Å²) in [5.41, 5.74) is 8.89. The van der Waals surface area contributed by atoms with E-state index in [0.717, 1.165) is 25.3 Å². The van der Waals surface area contributed by atoms with Gasteiger partial charge >= 0.3 is 0 Å². The highest BCUT2D eigenvalue weighted by molar-refractivity contribution is 5.57. The first-order chi connectivity index (χ1) is 7.25. The maximum Gasteiger partial charge on any atom is 0.0667 e. The quantitative estimate of drug-likeness (QED) is 0.729. The molecule has 15 heavy (non-hydrogen) atoms. The zero-order valence-electron chi connectivity index (χ0n) is 9.12. The number of anilines is 2. The van der Waals surface area contributed by atoms with Crippen molar-refractivity contribution in [3.05, 3.63) is 23.8 Å². The van der Waals surface area contributed by atoms with E-state index in [-0.39, 0.29) is 0 Å². The average molecular weight is 206 g/mol. The molecule has 1 aromatic rings. The van der Waals surface area contributed by atoms with Crippen molar-refractivity contribution >= 4 is 11.4 Å². The van der Waals surface area contributed by atoms with Gasteiger partial charge in [0.15, 0.2) is 0 Å². The summed E-state index contributed by atoms with van der Waals surface area (Å²) in [6.07, 6.45) is 2.33. The molecule has 1 unspecified atom stereocenters. The van der Waals surface area contributed by atoms with E-state index in [1.165, 1.54) is 17.7 Å². The van der Waals surface area contributed by atoms with Crippen LogP contribution in [0.15, 0.2) is 18.2 Å². The third-order valence-electron chi connectivity index (χ3n) is 2.77. The molecule has 0 aliphatic carbocycles. The summed E-state index contributed by atoms with van der Waals surface area (Å²) < 4.78 is 5.43. The van der Waals surface area contributed by atoms with Gasteiger partial charge in [0, 0.05) is 24.0 Å². The van der Waals surface area contributed by atoms with Crippen LogP contribution in [0.2, 0.25) is 0 Å². The summed E-state index contributed by atoms with van der Waals surface area (Å²) in [5.74, 6) is 0. The summed E-state index contributed by atoms with van der Waals surface area (Å²) in [5, 5.41) is 3.50. The zero-order chi connectivity index (χ0) is 10.7. The van der Waals surface area contributed by atoms with Crippen molar-refractivity contribution in [2.45, 2.75) is 25.8 Å². The van der Waals surface area contributed by atoms with Crippen molar-refractivity contribution < 1.29 is 4.74 Å². The fourth-order valence-corrected chi connectivity index (χ4v) is 1.92. The Morgan fingerprint density at radius 3 is 3.00 bits per heavy atom. The standard InChI is InChI=1S/C12H18N2O/c1-9-7-10(13)4-5-12(9)14-11-3-2-6-15-8-11/h4-5,7,11,14H,2-3,6,8,13H2,1H3. The van der Waals surface area contributed by atoms with Gasteiger partial charge in [-0.25, -0.2) is 0 Å². The van der Waals surface area contributed by atoms with Gasteiger partial charge in [0.2, 0.25) is 0 Å². The lowest BCUT2D eigenvalue weighted by molar-refractivity contribution is 0.0876. The molecule has 1 fully saturated rings.